The zero-order valence-corrected chi connectivity index (χ0v) is 23.2. The van der Waals surface area contributed by atoms with Crippen LogP contribution in [0.1, 0.15) is 74.3 Å². The topological polar surface area (TPSA) is 161 Å². The number of benzene rings is 3. The maximum atomic E-state index is 13.9. The number of anilines is 1. The number of esters is 1. The molecule has 1 saturated carbocycles. The Bertz CT molecular complexity index is 1710. The van der Waals surface area contributed by atoms with Gasteiger partial charge in [0.1, 0.15) is 22.0 Å². The van der Waals surface area contributed by atoms with E-state index in [1.807, 2.05) is 0 Å². The van der Waals surface area contributed by atoms with Crippen molar-refractivity contribution < 1.29 is 36.8 Å². The first kappa shape index (κ1) is 28.1. The maximum Gasteiger partial charge on any atom is 0.337 e. The maximum absolute atomic E-state index is 13.9. The van der Waals surface area contributed by atoms with Crippen molar-refractivity contribution in [3.8, 4) is 5.75 Å². The molecule has 0 saturated heterocycles. The van der Waals surface area contributed by atoms with E-state index in [-0.39, 0.29) is 51.0 Å². The molecule has 0 heterocycles. The number of hydrogen-bond acceptors (Lipinski definition) is 10. The van der Waals surface area contributed by atoms with Crippen LogP contribution in [0.15, 0.2) is 63.7 Å². The molecule has 3 aromatic rings. The Balaban J connectivity index is 1.76. The van der Waals surface area contributed by atoms with Gasteiger partial charge in [0.15, 0.2) is 11.6 Å². The Morgan fingerprint density at radius 3 is 2.20 bits per heavy atom. The minimum Gasteiger partial charge on any atom is -0.494 e. The highest BCUT2D eigenvalue weighted by molar-refractivity contribution is 7.86. The molecule has 0 amide bonds. The number of fused-ring (bicyclic) bond motifs is 2. The van der Waals surface area contributed by atoms with Crippen molar-refractivity contribution in [3.63, 3.8) is 0 Å². The van der Waals surface area contributed by atoms with Gasteiger partial charge in [0, 0.05) is 22.9 Å². The van der Waals surface area contributed by atoms with Gasteiger partial charge < -0.3 is 14.8 Å². The van der Waals surface area contributed by atoms with Crippen molar-refractivity contribution in [3.05, 3.63) is 76.3 Å². The summed E-state index contributed by atoms with van der Waals surface area (Å²) in [5.41, 5.74) is -0.345. The molecule has 11 nitrogen and oxygen atoms in total. The SMILES string of the molecule is COC(=O)c1ccc(OC)c(N=Nc2c(S(=O)(=O)O)cc(NC3CCCCC3)c3c2C(=O)c2ccccc2C3=O)c1. The molecule has 0 atom stereocenters. The second kappa shape index (κ2) is 11.2. The van der Waals surface area contributed by atoms with Crippen LogP contribution >= 0.6 is 0 Å². The van der Waals surface area contributed by atoms with E-state index in [0.29, 0.717) is 0 Å². The number of ketones is 2. The molecule has 12 heteroatoms. The lowest BCUT2D eigenvalue weighted by molar-refractivity contribution is 0.0600. The molecule has 0 aromatic heterocycles. The summed E-state index contributed by atoms with van der Waals surface area (Å²) in [6.07, 6.45) is 4.58. The quantitative estimate of drug-likeness (QED) is 0.160. The first-order valence-corrected chi connectivity index (χ1v) is 14.4. The van der Waals surface area contributed by atoms with Crippen molar-refractivity contribution in [1.29, 1.82) is 0 Å². The van der Waals surface area contributed by atoms with Crippen molar-refractivity contribution in [2.24, 2.45) is 10.2 Å². The molecule has 3 aromatic carbocycles. The van der Waals surface area contributed by atoms with Crippen LogP contribution in [0.3, 0.4) is 0 Å². The third-order valence-electron chi connectivity index (χ3n) is 7.24. The molecule has 2 aliphatic carbocycles. The highest BCUT2D eigenvalue weighted by Crippen LogP contribution is 2.43. The van der Waals surface area contributed by atoms with Gasteiger partial charge in [0.05, 0.1) is 30.9 Å². The Kier molecular flexibility index (Phi) is 7.70. The summed E-state index contributed by atoms with van der Waals surface area (Å²) in [5, 5.41) is 11.4. The number of azo groups is 1. The van der Waals surface area contributed by atoms with Gasteiger partial charge in [-0.05, 0) is 37.1 Å². The summed E-state index contributed by atoms with van der Waals surface area (Å²) in [7, 11) is -2.38. The minimum absolute atomic E-state index is 0.0184. The number of nitrogens with one attached hydrogen (secondary N) is 1. The Labute approximate surface area is 236 Å². The standard InChI is InChI=1S/C29H27N3O8S/c1-39-22-13-12-16(29(35)40-2)14-20(22)31-32-26-23(41(36,37)38)15-21(30-17-8-4-3-5-9-17)24-25(26)28(34)19-11-7-6-10-18(19)27(24)33/h6-7,10-15,17,30H,3-5,8-9H2,1-2H3,(H,36,37,38). The Hall–Kier alpha value is -4.42. The minimum atomic E-state index is -4.96. The summed E-state index contributed by atoms with van der Waals surface area (Å²) >= 11 is 0. The fourth-order valence-electron chi connectivity index (χ4n) is 5.25. The van der Waals surface area contributed by atoms with E-state index in [1.165, 1.54) is 44.6 Å². The first-order valence-electron chi connectivity index (χ1n) is 13.0. The number of methoxy groups -OCH3 is 2. The fraction of sp³-hybridized carbons (Fsp3) is 0.276. The van der Waals surface area contributed by atoms with E-state index < -0.39 is 38.2 Å². The van der Waals surface area contributed by atoms with Crippen LogP contribution in [0.25, 0.3) is 0 Å². The summed E-state index contributed by atoms with van der Waals surface area (Å²) in [6.45, 7) is 0. The Morgan fingerprint density at radius 2 is 1.59 bits per heavy atom. The van der Waals surface area contributed by atoms with Gasteiger partial charge in [-0.25, -0.2) is 4.79 Å². The lowest BCUT2D eigenvalue weighted by Gasteiger charge is -2.28. The predicted molar refractivity (Wildman–Crippen MR) is 149 cm³/mol. The summed E-state index contributed by atoms with van der Waals surface area (Å²) < 4.78 is 45.7. The van der Waals surface area contributed by atoms with Gasteiger partial charge in [-0.3, -0.25) is 14.1 Å². The van der Waals surface area contributed by atoms with Gasteiger partial charge in [0.25, 0.3) is 10.1 Å². The van der Waals surface area contributed by atoms with E-state index in [4.69, 9.17) is 9.47 Å². The monoisotopic (exact) mass is 577 g/mol. The molecule has 0 unspecified atom stereocenters. The molecule has 0 aliphatic heterocycles. The zero-order valence-electron chi connectivity index (χ0n) is 22.3. The van der Waals surface area contributed by atoms with Crippen LogP contribution < -0.4 is 10.1 Å². The number of nitrogens with zero attached hydrogens (tertiary/aromatic N) is 2. The number of carbonyl (C=O) groups is 3. The fourth-order valence-corrected chi connectivity index (χ4v) is 5.90. The molecule has 5 rings (SSSR count). The summed E-state index contributed by atoms with van der Waals surface area (Å²) in [4.78, 5) is 39.1. The van der Waals surface area contributed by atoms with Crippen molar-refractivity contribution >= 4 is 44.7 Å². The number of ether oxygens (including phenoxy) is 2. The number of rotatable bonds is 7. The second-order valence-corrected chi connectivity index (χ2v) is 11.1. The summed E-state index contributed by atoms with van der Waals surface area (Å²) in [6, 6.07) is 11.5. The molecule has 212 valence electrons. The van der Waals surface area contributed by atoms with Gasteiger partial charge in [0.2, 0.25) is 0 Å². The molecule has 0 spiro atoms. The van der Waals surface area contributed by atoms with E-state index in [2.05, 4.69) is 15.5 Å². The third kappa shape index (κ3) is 5.35. The van der Waals surface area contributed by atoms with Gasteiger partial charge in [-0.2, -0.15) is 8.42 Å². The highest BCUT2D eigenvalue weighted by atomic mass is 32.2. The van der Waals surface area contributed by atoms with E-state index >= 15 is 0 Å². The first-order chi connectivity index (χ1) is 19.6. The van der Waals surface area contributed by atoms with Crippen LogP contribution in [0.4, 0.5) is 17.1 Å². The Morgan fingerprint density at radius 1 is 0.927 bits per heavy atom. The van der Waals surface area contributed by atoms with Crippen LogP contribution in [0.5, 0.6) is 5.75 Å². The lowest BCUT2D eigenvalue weighted by atomic mass is 9.82. The second-order valence-electron chi connectivity index (χ2n) is 9.76. The van der Waals surface area contributed by atoms with E-state index in [0.717, 1.165) is 38.2 Å². The predicted octanol–water partition coefficient (Wildman–Crippen LogP) is 5.66. The van der Waals surface area contributed by atoms with Crippen molar-refractivity contribution in [2.75, 3.05) is 19.5 Å². The van der Waals surface area contributed by atoms with Crippen LogP contribution in [0, 0.1) is 0 Å². The average molecular weight is 578 g/mol. The van der Waals surface area contributed by atoms with Crippen LogP contribution in [-0.4, -0.2) is 50.8 Å². The smallest absolute Gasteiger partial charge is 0.337 e. The molecule has 0 radical (unpaired) electrons. The largest absolute Gasteiger partial charge is 0.494 e. The normalized spacial score (nSPS) is 15.4. The van der Waals surface area contributed by atoms with Crippen molar-refractivity contribution in [2.45, 2.75) is 43.0 Å². The van der Waals surface area contributed by atoms with E-state index in [9.17, 15) is 27.4 Å². The van der Waals surface area contributed by atoms with Crippen LogP contribution in [-0.2, 0) is 14.9 Å². The molecule has 2 aliphatic rings. The number of carbonyl (C=O) groups excluding carboxylic acids is 3. The molecular weight excluding hydrogens is 550 g/mol. The van der Waals surface area contributed by atoms with Gasteiger partial charge in [-0.15, -0.1) is 10.2 Å². The molecule has 1 fully saturated rings. The van der Waals surface area contributed by atoms with Crippen LogP contribution in [0.2, 0.25) is 0 Å². The van der Waals surface area contributed by atoms with Gasteiger partial charge >= 0.3 is 5.97 Å². The average Bonchev–Trinajstić information content (AvgIpc) is 2.98. The lowest BCUT2D eigenvalue weighted by Crippen LogP contribution is -2.27. The molecular formula is C29H27N3O8S. The van der Waals surface area contributed by atoms with Gasteiger partial charge in [-0.1, -0.05) is 43.5 Å². The number of hydrogen-bond donors (Lipinski definition) is 2. The van der Waals surface area contributed by atoms with E-state index in [1.54, 1.807) is 12.1 Å². The molecule has 41 heavy (non-hydrogen) atoms. The molecule has 0 bridgehead atoms. The highest BCUT2D eigenvalue weighted by Gasteiger charge is 2.38. The zero-order chi connectivity index (χ0) is 29.3. The third-order valence-corrected chi connectivity index (χ3v) is 8.10. The van der Waals surface area contributed by atoms with Crippen molar-refractivity contribution in [1.82, 2.24) is 0 Å². The summed E-state index contributed by atoms with van der Waals surface area (Å²) in [5.74, 6) is -1.60. The molecule has 2 N–H and O–H groups in total.